The van der Waals surface area contributed by atoms with Gasteiger partial charge >= 0.3 is 0 Å². The Morgan fingerprint density at radius 1 is 1.55 bits per heavy atom. The van der Waals surface area contributed by atoms with Gasteiger partial charge in [-0.2, -0.15) is 0 Å². The van der Waals surface area contributed by atoms with E-state index in [1.807, 2.05) is 13.8 Å². The van der Waals surface area contributed by atoms with Crippen LogP contribution in [0, 0.1) is 0 Å². The van der Waals surface area contributed by atoms with Crippen LogP contribution in [-0.2, 0) is 4.74 Å². The third-order valence-corrected chi connectivity index (χ3v) is 1.74. The second-order valence-corrected chi connectivity index (χ2v) is 3.44. The van der Waals surface area contributed by atoms with E-state index in [2.05, 4.69) is 14.5 Å². The highest BCUT2D eigenvalue weighted by atomic mass is 31.0. The lowest BCUT2D eigenvalue weighted by Gasteiger charge is -2.24. The molecule has 0 spiro atoms. The molecule has 4 heteroatoms. The highest BCUT2D eigenvalue weighted by molar-refractivity contribution is 7.13. The molecule has 0 radical (unpaired) electrons. The molecule has 0 aromatic heterocycles. The molecule has 0 aliphatic carbocycles. The van der Waals surface area contributed by atoms with Crippen LogP contribution in [0.1, 0.15) is 20.3 Å². The molecule has 0 aromatic carbocycles. The van der Waals surface area contributed by atoms with Gasteiger partial charge in [0.05, 0.1) is 18.8 Å². The first-order chi connectivity index (χ1) is 5.12. The van der Waals surface area contributed by atoms with E-state index in [4.69, 9.17) is 9.84 Å². The number of hydrogen-bond acceptors (Lipinski definition) is 3. The second-order valence-electron chi connectivity index (χ2n) is 3.04. The van der Waals surface area contributed by atoms with Gasteiger partial charge in [-0.1, -0.05) is 9.39 Å². The maximum absolute atomic E-state index is 8.51. The summed E-state index contributed by atoms with van der Waals surface area (Å²) < 4.78 is 5.38. The Hall–Kier alpha value is 0.310. The summed E-state index contributed by atoms with van der Waals surface area (Å²) in [5.41, 5.74) is -0.133. The smallest absolute Gasteiger partial charge is 0.0704 e. The largest absolute Gasteiger partial charge is 0.394 e. The molecule has 3 nitrogen and oxygen atoms in total. The van der Waals surface area contributed by atoms with Gasteiger partial charge in [-0.25, -0.2) is 0 Å². The van der Waals surface area contributed by atoms with Gasteiger partial charge in [-0.05, 0) is 20.3 Å². The Labute approximate surface area is 70.8 Å². The zero-order valence-electron chi connectivity index (χ0n) is 7.26. The van der Waals surface area contributed by atoms with E-state index in [0.717, 1.165) is 13.0 Å². The molecule has 1 atom stereocenters. The number of aliphatic hydroxyl groups is 1. The third-order valence-electron chi connectivity index (χ3n) is 1.46. The molecule has 0 heterocycles. The van der Waals surface area contributed by atoms with Gasteiger partial charge in [-0.15, -0.1) is 0 Å². The van der Waals surface area contributed by atoms with Gasteiger partial charge in [0.2, 0.25) is 0 Å². The zero-order chi connectivity index (χ0) is 8.74. The third kappa shape index (κ3) is 6.70. The van der Waals surface area contributed by atoms with E-state index in [0.29, 0.717) is 6.61 Å². The van der Waals surface area contributed by atoms with E-state index in [9.17, 15) is 0 Å². The maximum Gasteiger partial charge on any atom is 0.0704 e. The Kier molecular flexibility index (Phi) is 6.06. The van der Waals surface area contributed by atoms with Crippen molar-refractivity contribution in [1.82, 2.24) is 5.09 Å². The first-order valence-electron chi connectivity index (χ1n) is 3.80. The molecule has 0 saturated heterocycles. The van der Waals surface area contributed by atoms with Crippen LogP contribution in [0.25, 0.3) is 0 Å². The van der Waals surface area contributed by atoms with Gasteiger partial charge in [0, 0.05) is 6.54 Å². The van der Waals surface area contributed by atoms with Crippen molar-refractivity contribution in [2.75, 3.05) is 19.8 Å². The molecule has 0 amide bonds. The monoisotopic (exact) mass is 179 g/mol. The van der Waals surface area contributed by atoms with Crippen molar-refractivity contribution < 1.29 is 9.84 Å². The van der Waals surface area contributed by atoms with Crippen LogP contribution >= 0.6 is 9.39 Å². The number of rotatable bonds is 6. The minimum Gasteiger partial charge on any atom is -0.394 e. The highest BCUT2D eigenvalue weighted by Gasteiger charge is 2.16. The van der Waals surface area contributed by atoms with Gasteiger partial charge in [-0.3, -0.25) is 0 Å². The van der Waals surface area contributed by atoms with Gasteiger partial charge in [0.25, 0.3) is 0 Å². The summed E-state index contributed by atoms with van der Waals surface area (Å²) in [7, 11) is 2.45. The minimum atomic E-state index is -0.133. The molecule has 11 heavy (non-hydrogen) atoms. The van der Waals surface area contributed by atoms with Crippen LogP contribution in [0.15, 0.2) is 0 Å². The van der Waals surface area contributed by atoms with Crippen LogP contribution in [0.4, 0.5) is 0 Å². The molecule has 0 aromatic rings. The van der Waals surface area contributed by atoms with Gasteiger partial charge in [0.1, 0.15) is 0 Å². The zero-order valence-corrected chi connectivity index (χ0v) is 8.42. The lowest BCUT2D eigenvalue weighted by atomic mass is 10.1. The van der Waals surface area contributed by atoms with Crippen molar-refractivity contribution >= 4 is 9.39 Å². The number of hydrogen-bond donors (Lipinski definition) is 2. The van der Waals surface area contributed by atoms with Crippen LogP contribution in [0.2, 0.25) is 0 Å². The van der Waals surface area contributed by atoms with E-state index < -0.39 is 0 Å². The van der Waals surface area contributed by atoms with Crippen LogP contribution in [0.3, 0.4) is 0 Å². The van der Waals surface area contributed by atoms with Crippen molar-refractivity contribution in [3.8, 4) is 0 Å². The van der Waals surface area contributed by atoms with Gasteiger partial charge in [0.15, 0.2) is 0 Å². The average molecular weight is 179 g/mol. The first kappa shape index (κ1) is 11.3. The topological polar surface area (TPSA) is 41.5 Å². The molecule has 2 N–H and O–H groups in total. The summed E-state index contributed by atoms with van der Waals surface area (Å²) in [6.45, 7) is 5.46. The molecule has 0 aliphatic rings. The lowest BCUT2D eigenvalue weighted by molar-refractivity contribution is -0.0368. The summed E-state index contributed by atoms with van der Waals surface area (Å²) >= 11 is 0. The van der Waals surface area contributed by atoms with Crippen LogP contribution in [0.5, 0.6) is 0 Å². The average Bonchev–Trinajstić information content (AvgIpc) is 1.97. The Balaban J connectivity index is 3.43. The molecule has 1 unspecified atom stereocenters. The van der Waals surface area contributed by atoms with Gasteiger partial charge < -0.3 is 14.9 Å². The van der Waals surface area contributed by atoms with Crippen molar-refractivity contribution in [1.29, 1.82) is 0 Å². The minimum absolute atomic E-state index is 0.0950. The van der Waals surface area contributed by atoms with Crippen LogP contribution in [-0.4, -0.2) is 30.5 Å². The Morgan fingerprint density at radius 2 is 2.18 bits per heavy atom. The first-order valence-corrected chi connectivity index (χ1v) is 4.38. The van der Waals surface area contributed by atoms with Crippen LogP contribution < -0.4 is 5.09 Å². The fraction of sp³-hybridized carbons (Fsp3) is 1.00. The molecular formula is C7H18NO2P. The van der Waals surface area contributed by atoms with Crippen molar-refractivity contribution in [2.45, 2.75) is 25.9 Å². The lowest BCUT2D eigenvalue weighted by Crippen LogP contribution is -2.29. The van der Waals surface area contributed by atoms with Crippen molar-refractivity contribution in [3.63, 3.8) is 0 Å². The SMILES string of the molecule is CC(C)(CCNP)OCCO. The predicted molar refractivity (Wildman–Crippen MR) is 49.4 cm³/mol. The molecule has 0 bridgehead atoms. The van der Waals surface area contributed by atoms with E-state index in [-0.39, 0.29) is 12.2 Å². The fourth-order valence-corrected chi connectivity index (χ4v) is 0.912. The number of ether oxygens (including phenoxy) is 1. The summed E-state index contributed by atoms with van der Waals surface area (Å²) in [4.78, 5) is 0. The molecule has 0 aliphatic heterocycles. The molecule has 0 saturated carbocycles. The Bertz CT molecular complexity index is 88.4. The second kappa shape index (κ2) is 5.90. The normalized spacial score (nSPS) is 12.0. The van der Waals surface area contributed by atoms with Crippen molar-refractivity contribution in [2.24, 2.45) is 0 Å². The van der Waals surface area contributed by atoms with E-state index >= 15 is 0 Å². The molecule has 0 fully saturated rings. The summed E-state index contributed by atoms with van der Waals surface area (Å²) in [5.74, 6) is 0. The number of aliphatic hydroxyl groups excluding tert-OH is 1. The summed E-state index contributed by atoms with van der Waals surface area (Å²) in [6.07, 6.45) is 0.941. The molecule has 0 rings (SSSR count). The fourth-order valence-electron chi connectivity index (χ4n) is 0.767. The number of nitrogens with one attached hydrogen (secondary N) is 1. The predicted octanol–water partition coefficient (Wildman–Crippen LogP) is 0.544. The van der Waals surface area contributed by atoms with E-state index in [1.165, 1.54) is 0 Å². The quantitative estimate of drug-likeness (QED) is 0.585. The van der Waals surface area contributed by atoms with E-state index in [1.54, 1.807) is 0 Å². The Morgan fingerprint density at radius 3 is 2.64 bits per heavy atom. The molecular weight excluding hydrogens is 161 g/mol. The summed E-state index contributed by atoms with van der Waals surface area (Å²) in [5, 5.41) is 11.5. The highest BCUT2D eigenvalue weighted by Crippen LogP contribution is 2.12. The maximum atomic E-state index is 8.51. The van der Waals surface area contributed by atoms with Crippen molar-refractivity contribution in [3.05, 3.63) is 0 Å². The summed E-state index contributed by atoms with van der Waals surface area (Å²) in [6, 6.07) is 0. The standard InChI is InChI=1S/C7H18NO2P/c1-7(2,3-4-8-11)10-6-5-9/h8-9H,3-6,11H2,1-2H3. The molecule has 68 valence electrons.